The van der Waals surface area contributed by atoms with Crippen molar-refractivity contribution in [3.05, 3.63) is 23.4 Å². The normalized spacial score (nSPS) is 14.9. The minimum absolute atomic E-state index is 0.300. The first-order valence-corrected chi connectivity index (χ1v) is 5.88. The lowest BCUT2D eigenvalue weighted by Crippen LogP contribution is -2.27. The molecule has 0 aliphatic heterocycles. The number of nitrogen functional groups attached to an aromatic ring is 1. The van der Waals surface area contributed by atoms with Crippen LogP contribution in [0.25, 0.3) is 0 Å². The van der Waals surface area contributed by atoms with E-state index in [1.807, 2.05) is 26.2 Å². The van der Waals surface area contributed by atoms with Crippen LogP contribution in [0.1, 0.15) is 31.5 Å². The van der Waals surface area contributed by atoms with E-state index in [2.05, 4.69) is 23.7 Å². The molecule has 4 nitrogen and oxygen atoms in total. The molecule has 96 valence electrons. The smallest absolute Gasteiger partial charge is 0.123 e. The molecule has 0 saturated heterocycles. The van der Waals surface area contributed by atoms with Crippen LogP contribution in [0, 0.1) is 0 Å². The lowest BCUT2D eigenvalue weighted by atomic mass is 9.91. The molecule has 0 aromatic carbocycles. The Morgan fingerprint density at radius 1 is 1.41 bits per heavy atom. The van der Waals surface area contributed by atoms with Crippen LogP contribution in [0.5, 0.6) is 0 Å². The summed E-state index contributed by atoms with van der Waals surface area (Å²) in [5, 5.41) is 0. The SMILES string of the molecule is CCC(C)(OC)c1ccc(N)nc1CN(C)C. The summed E-state index contributed by atoms with van der Waals surface area (Å²) in [5.41, 5.74) is 7.56. The summed E-state index contributed by atoms with van der Waals surface area (Å²) >= 11 is 0. The van der Waals surface area contributed by atoms with Crippen LogP contribution >= 0.6 is 0 Å². The first kappa shape index (κ1) is 13.9. The Morgan fingerprint density at radius 2 is 2.06 bits per heavy atom. The van der Waals surface area contributed by atoms with Gasteiger partial charge in [0.25, 0.3) is 0 Å². The van der Waals surface area contributed by atoms with E-state index < -0.39 is 0 Å². The highest BCUT2D eigenvalue weighted by atomic mass is 16.5. The third kappa shape index (κ3) is 3.17. The maximum absolute atomic E-state index is 5.76. The number of hydrogen-bond donors (Lipinski definition) is 1. The lowest BCUT2D eigenvalue weighted by molar-refractivity contribution is -0.00280. The van der Waals surface area contributed by atoms with Crippen molar-refractivity contribution in [3.63, 3.8) is 0 Å². The second kappa shape index (κ2) is 5.47. The second-order valence-electron chi connectivity index (χ2n) is 4.76. The summed E-state index contributed by atoms with van der Waals surface area (Å²) in [6.07, 6.45) is 0.898. The second-order valence-corrected chi connectivity index (χ2v) is 4.76. The van der Waals surface area contributed by atoms with Crippen LogP contribution < -0.4 is 5.73 Å². The number of aromatic nitrogens is 1. The van der Waals surface area contributed by atoms with Gasteiger partial charge in [-0.1, -0.05) is 13.0 Å². The minimum atomic E-state index is -0.300. The third-order valence-corrected chi connectivity index (χ3v) is 3.16. The molecule has 0 saturated carbocycles. The number of nitrogens with zero attached hydrogens (tertiary/aromatic N) is 2. The molecule has 1 aromatic rings. The number of nitrogens with two attached hydrogens (primary N) is 1. The fourth-order valence-corrected chi connectivity index (χ4v) is 1.86. The standard InChI is InChI=1S/C13H23N3O/c1-6-13(2,17-5)10-7-8-12(14)15-11(10)9-16(3)4/h7-8H,6,9H2,1-5H3,(H2,14,15). The van der Waals surface area contributed by atoms with Gasteiger partial charge >= 0.3 is 0 Å². The van der Waals surface area contributed by atoms with Crippen molar-refractivity contribution in [1.82, 2.24) is 9.88 Å². The Morgan fingerprint density at radius 3 is 2.53 bits per heavy atom. The largest absolute Gasteiger partial charge is 0.384 e. The van der Waals surface area contributed by atoms with Gasteiger partial charge < -0.3 is 15.4 Å². The summed E-state index contributed by atoms with van der Waals surface area (Å²) in [7, 11) is 5.77. The molecule has 4 heteroatoms. The van der Waals surface area contributed by atoms with E-state index in [-0.39, 0.29) is 5.60 Å². The van der Waals surface area contributed by atoms with E-state index >= 15 is 0 Å². The van der Waals surface area contributed by atoms with E-state index in [1.54, 1.807) is 7.11 Å². The third-order valence-electron chi connectivity index (χ3n) is 3.16. The lowest BCUT2D eigenvalue weighted by Gasteiger charge is -2.29. The van der Waals surface area contributed by atoms with Gasteiger partial charge in [0.15, 0.2) is 0 Å². The van der Waals surface area contributed by atoms with Gasteiger partial charge in [0.05, 0.1) is 11.3 Å². The molecule has 1 unspecified atom stereocenters. The summed E-state index contributed by atoms with van der Waals surface area (Å²) < 4.78 is 5.64. The van der Waals surface area contributed by atoms with Gasteiger partial charge in [-0.05, 0) is 33.5 Å². The first-order valence-electron chi connectivity index (χ1n) is 5.88. The summed E-state index contributed by atoms with van der Waals surface area (Å²) in [6.45, 7) is 4.96. The predicted octanol–water partition coefficient (Wildman–Crippen LogP) is 2.00. The van der Waals surface area contributed by atoms with Crippen molar-refractivity contribution in [3.8, 4) is 0 Å². The van der Waals surface area contributed by atoms with Crippen molar-refractivity contribution in [2.45, 2.75) is 32.4 Å². The van der Waals surface area contributed by atoms with E-state index in [1.165, 1.54) is 0 Å². The van der Waals surface area contributed by atoms with Crippen molar-refractivity contribution in [2.24, 2.45) is 0 Å². The average molecular weight is 237 g/mol. The first-order chi connectivity index (χ1) is 7.92. The Balaban J connectivity index is 3.22. The highest BCUT2D eigenvalue weighted by molar-refractivity contribution is 5.37. The molecule has 1 aromatic heterocycles. The van der Waals surface area contributed by atoms with Crippen LogP contribution in [-0.2, 0) is 16.9 Å². The van der Waals surface area contributed by atoms with Crippen LogP contribution in [0.3, 0.4) is 0 Å². The minimum Gasteiger partial charge on any atom is -0.384 e. The number of rotatable bonds is 5. The highest BCUT2D eigenvalue weighted by Gasteiger charge is 2.27. The van der Waals surface area contributed by atoms with Crippen LogP contribution in [0.2, 0.25) is 0 Å². The van der Waals surface area contributed by atoms with E-state index in [9.17, 15) is 0 Å². The molecule has 1 heterocycles. The molecule has 0 bridgehead atoms. The fourth-order valence-electron chi connectivity index (χ4n) is 1.86. The molecular formula is C13H23N3O. The molecule has 1 atom stereocenters. The summed E-state index contributed by atoms with van der Waals surface area (Å²) in [5.74, 6) is 0.556. The number of pyridine rings is 1. The maximum Gasteiger partial charge on any atom is 0.123 e. The van der Waals surface area contributed by atoms with Crippen molar-refractivity contribution < 1.29 is 4.74 Å². The molecule has 17 heavy (non-hydrogen) atoms. The Hall–Kier alpha value is -1.13. The maximum atomic E-state index is 5.76. The van der Waals surface area contributed by atoms with Gasteiger partial charge in [0.2, 0.25) is 0 Å². The van der Waals surface area contributed by atoms with E-state index in [0.29, 0.717) is 5.82 Å². The van der Waals surface area contributed by atoms with Crippen LogP contribution in [0.15, 0.2) is 12.1 Å². The van der Waals surface area contributed by atoms with E-state index in [0.717, 1.165) is 24.2 Å². The zero-order valence-electron chi connectivity index (χ0n) is 11.4. The average Bonchev–Trinajstić information content (AvgIpc) is 2.27. The summed E-state index contributed by atoms with van der Waals surface area (Å²) in [4.78, 5) is 6.51. The van der Waals surface area contributed by atoms with Crippen molar-refractivity contribution >= 4 is 5.82 Å². The van der Waals surface area contributed by atoms with Gasteiger partial charge in [-0.3, -0.25) is 0 Å². The predicted molar refractivity (Wildman–Crippen MR) is 70.7 cm³/mol. The molecule has 0 aliphatic carbocycles. The Bertz CT molecular complexity index is 373. The quantitative estimate of drug-likeness (QED) is 0.851. The summed E-state index contributed by atoms with van der Waals surface area (Å²) in [6, 6.07) is 3.86. The Labute approximate surface area is 104 Å². The number of ether oxygens (including phenoxy) is 1. The zero-order valence-corrected chi connectivity index (χ0v) is 11.4. The Kier molecular flexibility index (Phi) is 4.48. The molecule has 2 N–H and O–H groups in total. The van der Waals surface area contributed by atoms with Gasteiger partial charge in [-0.25, -0.2) is 4.98 Å². The number of methoxy groups -OCH3 is 1. The molecule has 0 spiro atoms. The van der Waals surface area contributed by atoms with Gasteiger partial charge in [0, 0.05) is 19.2 Å². The van der Waals surface area contributed by atoms with Crippen LogP contribution in [-0.4, -0.2) is 31.1 Å². The zero-order chi connectivity index (χ0) is 13.1. The van der Waals surface area contributed by atoms with Gasteiger partial charge in [-0.2, -0.15) is 0 Å². The number of hydrogen-bond acceptors (Lipinski definition) is 4. The van der Waals surface area contributed by atoms with Crippen molar-refractivity contribution in [2.75, 3.05) is 26.9 Å². The topological polar surface area (TPSA) is 51.4 Å². The molecule has 0 fully saturated rings. The van der Waals surface area contributed by atoms with Gasteiger partial charge in [0.1, 0.15) is 5.82 Å². The fraction of sp³-hybridized carbons (Fsp3) is 0.615. The monoisotopic (exact) mass is 237 g/mol. The van der Waals surface area contributed by atoms with Crippen molar-refractivity contribution in [1.29, 1.82) is 0 Å². The molecule has 0 aliphatic rings. The number of anilines is 1. The van der Waals surface area contributed by atoms with E-state index in [4.69, 9.17) is 10.5 Å². The van der Waals surface area contributed by atoms with Crippen LogP contribution in [0.4, 0.5) is 5.82 Å². The molecule has 0 radical (unpaired) electrons. The highest BCUT2D eigenvalue weighted by Crippen LogP contribution is 2.31. The van der Waals surface area contributed by atoms with Gasteiger partial charge in [-0.15, -0.1) is 0 Å². The molecule has 1 rings (SSSR count). The molecular weight excluding hydrogens is 214 g/mol. The molecule has 0 amide bonds.